The van der Waals surface area contributed by atoms with E-state index >= 15 is 0 Å². The van der Waals surface area contributed by atoms with Crippen LogP contribution >= 0.6 is 22.7 Å². The molecule has 0 fully saturated rings. The monoisotopic (exact) mass is 349 g/mol. The van der Waals surface area contributed by atoms with E-state index in [2.05, 4.69) is 15.6 Å². The highest BCUT2D eigenvalue weighted by Gasteiger charge is 2.26. The molecule has 2 heterocycles. The summed E-state index contributed by atoms with van der Waals surface area (Å²) in [6.07, 6.45) is 6.28. The molecule has 0 atom stereocenters. The number of aromatic nitrogens is 1. The van der Waals surface area contributed by atoms with Crippen LogP contribution in [-0.2, 0) is 24.2 Å². The first kappa shape index (κ1) is 16.1. The lowest BCUT2D eigenvalue weighted by atomic mass is 9.95. The zero-order valence-corrected chi connectivity index (χ0v) is 14.6. The Morgan fingerprint density at radius 1 is 1.30 bits per heavy atom. The molecule has 0 spiro atoms. The molecule has 23 heavy (non-hydrogen) atoms. The number of anilines is 1. The van der Waals surface area contributed by atoms with Crippen molar-refractivity contribution in [2.24, 2.45) is 0 Å². The van der Waals surface area contributed by atoms with Gasteiger partial charge in [-0.1, -0.05) is 6.92 Å². The van der Waals surface area contributed by atoms with E-state index in [1.54, 1.807) is 17.5 Å². The van der Waals surface area contributed by atoms with E-state index < -0.39 is 0 Å². The largest absolute Gasteiger partial charge is 0.345 e. The summed E-state index contributed by atoms with van der Waals surface area (Å²) >= 11 is 3.07. The van der Waals surface area contributed by atoms with Crippen molar-refractivity contribution in [1.82, 2.24) is 10.3 Å². The molecule has 0 aromatic carbocycles. The molecule has 5 nitrogen and oxygen atoms in total. The Morgan fingerprint density at radius 3 is 2.87 bits per heavy atom. The Morgan fingerprint density at radius 2 is 2.13 bits per heavy atom. The highest BCUT2D eigenvalue weighted by Crippen LogP contribution is 2.38. The SMILES string of the molecule is CCC(=O)Nc1sc2c(c1C(=O)NCc1nccs1)CCCC2. The van der Waals surface area contributed by atoms with Crippen LogP contribution in [0.3, 0.4) is 0 Å². The van der Waals surface area contributed by atoms with Crippen LogP contribution in [0.4, 0.5) is 5.00 Å². The molecule has 0 radical (unpaired) electrons. The van der Waals surface area contributed by atoms with Gasteiger partial charge in [0.2, 0.25) is 5.91 Å². The lowest BCUT2D eigenvalue weighted by Crippen LogP contribution is -2.25. The summed E-state index contributed by atoms with van der Waals surface area (Å²) < 4.78 is 0. The van der Waals surface area contributed by atoms with Crippen molar-refractivity contribution in [2.75, 3.05) is 5.32 Å². The van der Waals surface area contributed by atoms with Gasteiger partial charge in [-0.25, -0.2) is 4.98 Å². The predicted octanol–water partition coefficient (Wildman–Crippen LogP) is 3.36. The minimum Gasteiger partial charge on any atom is -0.345 e. The van der Waals surface area contributed by atoms with Gasteiger partial charge in [-0.05, 0) is 31.2 Å². The number of thiazole rings is 1. The van der Waals surface area contributed by atoms with Crippen molar-refractivity contribution in [3.8, 4) is 0 Å². The van der Waals surface area contributed by atoms with E-state index in [9.17, 15) is 9.59 Å². The Kier molecular flexibility index (Phi) is 5.07. The zero-order valence-electron chi connectivity index (χ0n) is 13.0. The van der Waals surface area contributed by atoms with Crippen LogP contribution in [0.5, 0.6) is 0 Å². The number of thiophene rings is 1. The van der Waals surface area contributed by atoms with Crippen LogP contribution in [0.15, 0.2) is 11.6 Å². The summed E-state index contributed by atoms with van der Waals surface area (Å²) in [7, 11) is 0. The summed E-state index contributed by atoms with van der Waals surface area (Å²) in [6.45, 7) is 2.23. The van der Waals surface area contributed by atoms with Gasteiger partial charge in [-0.15, -0.1) is 22.7 Å². The molecule has 7 heteroatoms. The van der Waals surface area contributed by atoms with Gasteiger partial charge in [0.1, 0.15) is 10.0 Å². The number of hydrogen-bond donors (Lipinski definition) is 2. The van der Waals surface area contributed by atoms with E-state index in [4.69, 9.17) is 0 Å². The fraction of sp³-hybridized carbons (Fsp3) is 0.438. The molecule has 2 N–H and O–H groups in total. The first-order valence-electron chi connectivity index (χ1n) is 7.80. The number of rotatable bonds is 5. The number of nitrogens with one attached hydrogen (secondary N) is 2. The Bertz CT molecular complexity index is 707. The fourth-order valence-corrected chi connectivity index (χ4v) is 4.55. The maximum absolute atomic E-state index is 12.7. The first-order chi connectivity index (χ1) is 11.2. The van der Waals surface area contributed by atoms with Crippen molar-refractivity contribution in [2.45, 2.75) is 45.6 Å². The minimum absolute atomic E-state index is 0.0578. The topological polar surface area (TPSA) is 71.1 Å². The molecule has 1 aliphatic rings. The van der Waals surface area contributed by atoms with E-state index in [1.165, 1.54) is 16.2 Å². The molecule has 0 unspecified atom stereocenters. The molecule has 122 valence electrons. The van der Waals surface area contributed by atoms with E-state index in [0.717, 1.165) is 36.3 Å². The summed E-state index contributed by atoms with van der Waals surface area (Å²) in [6, 6.07) is 0. The van der Waals surface area contributed by atoms with Gasteiger partial charge in [0, 0.05) is 22.9 Å². The molecular weight excluding hydrogens is 330 g/mol. The highest BCUT2D eigenvalue weighted by atomic mass is 32.1. The Hall–Kier alpha value is -1.73. The third-order valence-electron chi connectivity index (χ3n) is 3.86. The molecule has 0 bridgehead atoms. The van der Waals surface area contributed by atoms with Gasteiger partial charge in [-0.3, -0.25) is 9.59 Å². The van der Waals surface area contributed by atoms with E-state index in [-0.39, 0.29) is 11.8 Å². The number of amides is 2. The molecule has 3 rings (SSSR count). The van der Waals surface area contributed by atoms with Crippen molar-refractivity contribution in [3.63, 3.8) is 0 Å². The highest BCUT2D eigenvalue weighted by molar-refractivity contribution is 7.17. The van der Waals surface area contributed by atoms with Crippen LogP contribution in [0.1, 0.15) is 52.0 Å². The molecule has 2 aromatic rings. The molecular formula is C16H19N3O2S2. The van der Waals surface area contributed by atoms with Crippen molar-refractivity contribution < 1.29 is 9.59 Å². The van der Waals surface area contributed by atoms with Gasteiger partial charge in [0.15, 0.2) is 0 Å². The predicted molar refractivity (Wildman–Crippen MR) is 93.2 cm³/mol. The molecule has 0 saturated carbocycles. The summed E-state index contributed by atoms with van der Waals surface area (Å²) in [5.41, 5.74) is 1.77. The van der Waals surface area contributed by atoms with Gasteiger partial charge in [0.05, 0.1) is 12.1 Å². The number of carbonyl (C=O) groups excluding carboxylic acids is 2. The van der Waals surface area contributed by atoms with Gasteiger partial charge >= 0.3 is 0 Å². The molecule has 2 amide bonds. The lowest BCUT2D eigenvalue weighted by Gasteiger charge is -2.13. The Balaban J connectivity index is 1.84. The third kappa shape index (κ3) is 3.61. The van der Waals surface area contributed by atoms with Gasteiger partial charge in [-0.2, -0.15) is 0 Å². The van der Waals surface area contributed by atoms with E-state index in [0.29, 0.717) is 23.5 Å². The molecule has 2 aromatic heterocycles. The number of nitrogens with zero attached hydrogens (tertiary/aromatic N) is 1. The summed E-state index contributed by atoms with van der Waals surface area (Å²) in [4.78, 5) is 29.9. The average molecular weight is 349 g/mol. The summed E-state index contributed by atoms with van der Waals surface area (Å²) in [5, 5.41) is 9.29. The summed E-state index contributed by atoms with van der Waals surface area (Å²) in [5.74, 6) is -0.177. The minimum atomic E-state index is -0.119. The Labute approximate surface area is 143 Å². The van der Waals surface area contributed by atoms with Gasteiger partial charge in [0.25, 0.3) is 5.91 Å². The lowest BCUT2D eigenvalue weighted by molar-refractivity contribution is -0.115. The third-order valence-corrected chi connectivity index (χ3v) is 5.84. The van der Waals surface area contributed by atoms with Crippen LogP contribution in [0, 0.1) is 0 Å². The molecule has 0 saturated heterocycles. The quantitative estimate of drug-likeness (QED) is 0.869. The van der Waals surface area contributed by atoms with Crippen LogP contribution in [0.25, 0.3) is 0 Å². The second kappa shape index (κ2) is 7.23. The van der Waals surface area contributed by atoms with Gasteiger partial charge < -0.3 is 10.6 Å². The van der Waals surface area contributed by atoms with Crippen LogP contribution < -0.4 is 10.6 Å². The van der Waals surface area contributed by atoms with Crippen molar-refractivity contribution in [3.05, 3.63) is 32.6 Å². The number of carbonyl (C=O) groups is 2. The molecule has 1 aliphatic carbocycles. The van der Waals surface area contributed by atoms with Crippen LogP contribution in [-0.4, -0.2) is 16.8 Å². The normalized spacial score (nSPS) is 13.4. The van der Waals surface area contributed by atoms with Crippen molar-refractivity contribution in [1.29, 1.82) is 0 Å². The molecule has 0 aliphatic heterocycles. The van der Waals surface area contributed by atoms with Crippen molar-refractivity contribution >= 4 is 39.5 Å². The number of hydrogen-bond acceptors (Lipinski definition) is 5. The zero-order chi connectivity index (χ0) is 16.2. The second-order valence-electron chi connectivity index (χ2n) is 5.43. The average Bonchev–Trinajstić information content (AvgIpc) is 3.19. The second-order valence-corrected chi connectivity index (χ2v) is 7.51. The number of aryl methyl sites for hydroxylation is 1. The maximum atomic E-state index is 12.7. The fourth-order valence-electron chi connectivity index (χ4n) is 2.69. The first-order valence-corrected chi connectivity index (χ1v) is 9.49. The van der Waals surface area contributed by atoms with E-state index in [1.807, 2.05) is 12.3 Å². The maximum Gasteiger partial charge on any atom is 0.254 e. The number of fused-ring (bicyclic) bond motifs is 1. The van der Waals surface area contributed by atoms with Crippen LogP contribution in [0.2, 0.25) is 0 Å². The standard InChI is InChI=1S/C16H19N3O2S2/c1-2-12(20)19-16-14(10-5-3-4-6-11(10)23-16)15(21)18-9-13-17-7-8-22-13/h7-8H,2-6,9H2,1H3,(H,18,21)(H,19,20). The smallest absolute Gasteiger partial charge is 0.254 e.